The van der Waals surface area contributed by atoms with Crippen molar-refractivity contribution in [2.24, 2.45) is 5.92 Å². The second-order valence-corrected chi connectivity index (χ2v) is 6.71. The lowest BCUT2D eigenvalue weighted by Crippen LogP contribution is -2.34. The Bertz CT molecular complexity index is 645. The highest BCUT2D eigenvalue weighted by Gasteiger charge is 2.25. The predicted molar refractivity (Wildman–Crippen MR) is 86.2 cm³/mol. The van der Waals surface area contributed by atoms with Crippen molar-refractivity contribution in [3.8, 4) is 0 Å². The van der Waals surface area contributed by atoms with Crippen molar-refractivity contribution in [3.63, 3.8) is 0 Å². The second-order valence-electron chi connectivity index (χ2n) is 5.79. The first-order chi connectivity index (χ1) is 10.1. The van der Waals surface area contributed by atoms with Crippen molar-refractivity contribution in [1.82, 2.24) is 10.3 Å². The van der Waals surface area contributed by atoms with E-state index in [-0.39, 0.29) is 5.92 Å². The van der Waals surface area contributed by atoms with E-state index in [1.165, 1.54) is 11.1 Å². The Balaban J connectivity index is 1.56. The molecule has 4 nitrogen and oxygen atoms in total. The molecule has 0 atom stereocenters. The van der Waals surface area contributed by atoms with Crippen molar-refractivity contribution < 1.29 is 9.90 Å². The molecule has 5 heteroatoms. The van der Waals surface area contributed by atoms with E-state index in [9.17, 15) is 4.79 Å². The summed E-state index contributed by atoms with van der Waals surface area (Å²) >= 11 is 3.48. The fraction of sp³-hybridized carbons (Fsp3) is 0.438. The van der Waals surface area contributed by atoms with Crippen LogP contribution in [-0.2, 0) is 11.3 Å². The Morgan fingerprint density at radius 3 is 2.76 bits per heavy atom. The molecule has 1 aromatic carbocycles. The maximum absolute atomic E-state index is 10.9. The maximum atomic E-state index is 10.9. The van der Waals surface area contributed by atoms with Gasteiger partial charge in [0.05, 0.1) is 5.92 Å². The molecule has 1 heterocycles. The summed E-state index contributed by atoms with van der Waals surface area (Å²) in [7, 11) is 0. The second kappa shape index (κ2) is 6.20. The molecule has 2 aromatic rings. The molecular weight excluding hydrogens is 332 g/mol. The zero-order valence-electron chi connectivity index (χ0n) is 11.7. The van der Waals surface area contributed by atoms with Gasteiger partial charge < -0.3 is 15.4 Å². The normalized spacial score (nSPS) is 22.5. The first-order valence-electron chi connectivity index (χ1n) is 7.35. The molecule has 3 N–H and O–H groups in total. The van der Waals surface area contributed by atoms with Crippen molar-refractivity contribution in [3.05, 3.63) is 34.4 Å². The standard InChI is InChI=1S/C16H19BrN2O2/c17-12-3-6-15-11(7-12)8-14(19-15)9-18-13-4-1-10(2-5-13)16(20)21/h3,6-8,10,13,18-19H,1-2,4-5,9H2,(H,20,21). The summed E-state index contributed by atoms with van der Waals surface area (Å²) in [5.41, 5.74) is 2.31. The molecule has 1 aromatic heterocycles. The largest absolute Gasteiger partial charge is 0.481 e. The topological polar surface area (TPSA) is 65.1 Å². The Hall–Kier alpha value is -1.33. The molecule has 1 aliphatic rings. The summed E-state index contributed by atoms with van der Waals surface area (Å²) in [4.78, 5) is 14.3. The molecule has 0 bridgehead atoms. The molecule has 0 aliphatic heterocycles. The highest BCUT2D eigenvalue weighted by molar-refractivity contribution is 9.10. The smallest absolute Gasteiger partial charge is 0.306 e. The van der Waals surface area contributed by atoms with E-state index in [4.69, 9.17) is 5.11 Å². The van der Waals surface area contributed by atoms with Crippen molar-refractivity contribution in [2.45, 2.75) is 38.3 Å². The maximum Gasteiger partial charge on any atom is 0.306 e. The molecule has 0 amide bonds. The number of H-pyrrole nitrogens is 1. The molecule has 21 heavy (non-hydrogen) atoms. The first-order valence-corrected chi connectivity index (χ1v) is 8.14. The Morgan fingerprint density at radius 2 is 2.05 bits per heavy atom. The van der Waals surface area contributed by atoms with Gasteiger partial charge in [-0.3, -0.25) is 4.79 Å². The summed E-state index contributed by atoms with van der Waals surface area (Å²) in [5.74, 6) is -0.789. The summed E-state index contributed by atoms with van der Waals surface area (Å²) < 4.78 is 1.08. The number of aromatic amines is 1. The van der Waals surface area contributed by atoms with E-state index in [2.05, 4.69) is 44.4 Å². The van der Waals surface area contributed by atoms with Gasteiger partial charge in [-0.15, -0.1) is 0 Å². The van der Waals surface area contributed by atoms with E-state index in [1.54, 1.807) is 0 Å². The number of carboxylic acids is 1. The fourth-order valence-electron chi connectivity index (χ4n) is 3.06. The van der Waals surface area contributed by atoms with Gasteiger partial charge in [-0.1, -0.05) is 15.9 Å². The molecule has 0 unspecified atom stereocenters. The van der Waals surface area contributed by atoms with E-state index in [1.807, 2.05) is 6.07 Å². The van der Waals surface area contributed by atoms with Gasteiger partial charge in [-0.05, 0) is 49.9 Å². The highest BCUT2D eigenvalue weighted by atomic mass is 79.9. The molecule has 1 aliphatic carbocycles. The summed E-state index contributed by atoms with van der Waals surface area (Å²) in [6.45, 7) is 0.800. The number of carbonyl (C=O) groups is 1. The van der Waals surface area contributed by atoms with Gasteiger partial charge >= 0.3 is 5.97 Å². The molecule has 0 saturated heterocycles. The molecule has 112 valence electrons. The van der Waals surface area contributed by atoms with Gasteiger partial charge in [0.15, 0.2) is 0 Å². The number of carboxylic acid groups (broad SMARTS) is 1. The Morgan fingerprint density at radius 1 is 1.29 bits per heavy atom. The van der Waals surface area contributed by atoms with E-state index in [0.717, 1.165) is 42.2 Å². The van der Waals surface area contributed by atoms with Gasteiger partial charge in [0.2, 0.25) is 0 Å². The predicted octanol–water partition coefficient (Wildman–Crippen LogP) is 3.66. The molecular formula is C16H19BrN2O2. The van der Waals surface area contributed by atoms with E-state index in [0.29, 0.717) is 6.04 Å². The van der Waals surface area contributed by atoms with Crippen LogP contribution in [0.25, 0.3) is 10.9 Å². The number of nitrogens with one attached hydrogen (secondary N) is 2. The van der Waals surface area contributed by atoms with Crippen molar-refractivity contribution in [1.29, 1.82) is 0 Å². The lowest BCUT2D eigenvalue weighted by Gasteiger charge is -2.26. The SMILES string of the molecule is O=C(O)C1CCC(NCc2cc3cc(Br)ccc3[nH]2)CC1. The van der Waals surface area contributed by atoms with Gasteiger partial charge in [0.25, 0.3) is 0 Å². The molecule has 0 spiro atoms. The number of aromatic nitrogens is 1. The van der Waals surface area contributed by atoms with Crippen molar-refractivity contribution >= 4 is 32.8 Å². The molecule has 0 radical (unpaired) electrons. The third-order valence-electron chi connectivity index (χ3n) is 4.30. The average Bonchev–Trinajstić information content (AvgIpc) is 2.87. The fourth-order valence-corrected chi connectivity index (χ4v) is 3.44. The van der Waals surface area contributed by atoms with Gasteiger partial charge in [0, 0.05) is 33.7 Å². The number of halogens is 1. The summed E-state index contributed by atoms with van der Waals surface area (Å²) in [5, 5.41) is 13.7. The quantitative estimate of drug-likeness (QED) is 0.788. The Kier molecular flexibility index (Phi) is 4.31. The number of benzene rings is 1. The third kappa shape index (κ3) is 3.47. The van der Waals surface area contributed by atoms with Crippen LogP contribution in [0.3, 0.4) is 0 Å². The van der Waals surface area contributed by atoms with Crippen molar-refractivity contribution in [2.75, 3.05) is 0 Å². The van der Waals surface area contributed by atoms with Crippen LogP contribution in [-0.4, -0.2) is 22.1 Å². The monoisotopic (exact) mass is 350 g/mol. The zero-order valence-corrected chi connectivity index (χ0v) is 13.3. The molecule has 1 saturated carbocycles. The number of aliphatic carboxylic acids is 1. The average molecular weight is 351 g/mol. The number of fused-ring (bicyclic) bond motifs is 1. The van der Waals surface area contributed by atoms with Gasteiger partial charge in [0.1, 0.15) is 0 Å². The van der Waals surface area contributed by atoms with E-state index < -0.39 is 5.97 Å². The Labute approximate surface area is 132 Å². The highest BCUT2D eigenvalue weighted by Crippen LogP contribution is 2.25. The minimum Gasteiger partial charge on any atom is -0.481 e. The van der Waals surface area contributed by atoms with Crippen LogP contribution in [0.15, 0.2) is 28.7 Å². The third-order valence-corrected chi connectivity index (χ3v) is 4.79. The first kappa shape index (κ1) is 14.6. The molecule has 1 fully saturated rings. The molecule has 3 rings (SSSR count). The minimum atomic E-state index is -0.644. The number of rotatable bonds is 4. The lowest BCUT2D eigenvalue weighted by molar-refractivity contribution is -0.142. The zero-order chi connectivity index (χ0) is 14.8. The van der Waals surface area contributed by atoms with Crippen LogP contribution >= 0.6 is 15.9 Å². The minimum absolute atomic E-state index is 0.145. The summed E-state index contributed by atoms with van der Waals surface area (Å²) in [6, 6.07) is 8.80. The van der Waals surface area contributed by atoms with Crippen LogP contribution in [0.4, 0.5) is 0 Å². The van der Waals surface area contributed by atoms with Crippen LogP contribution in [0, 0.1) is 5.92 Å². The van der Waals surface area contributed by atoms with E-state index >= 15 is 0 Å². The van der Waals surface area contributed by atoms with Crippen LogP contribution in [0.1, 0.15) is 31.4 Å². The number of hydrogen-bond acceptors (Lipinski definition) is 2. The van der Waals surface area contributed by atoms with Gasteiger partial charge in [-0.2, -0.15) is 0 Å². The van der Waals surface area contributed by atoms with Gasteiger partial charge in [-0.25, -0.2) is 0 Å². The van der Waals surface area contributed by atoms with Crippen LogP contribution in [0.5, 0.6) is 0 Å². The number of hydrogen-bond donors (Lipinski definition) is 3. The summed E-state index contributed by atoms with van der Waals surface area (Å²) in [6.07, 6.45) is 3.46. The van der Waals surface area contributed by atoms with Crippen LogP contribution < -0.4 is 5.32 Å². The lowest BCUT2D eigenvalue weighted by atomic mass is 9.86. The van der Waals surface area contributed by atoms with Crippen LogP contribution in [0.2, 0.25) is 0 Å².